The maximum absolute atomic E-state index is 12.9. The molecule has 1 amide bonds. The highest BCUT2D eigenvalue weighted by Gasteiger charge is 2.20. The molecule has 3 aromatic rings. The van der Waals surface area contributed by atoms with Gasteiger partial charge in [0.2, 0.25) is 10.0 Å². The second kappa shape index (κ2) is 10.8. The number of amides is 1. The number of methoxy groups -OCH3 is 2. The Hall–Kier alpha value is -3.52. The molecule has 0 heterocycles. The number of aryl methyl sites for hydroxylation is 2. The minimum absolute atomic E-state index is 0.168. The van der Waals surface area contributed by atoms with Crippen LogP contribution in [-0.2, 0) is 16.6 Å². The predicted octanol–water partition coefficient (Wildman–Crippen LogP) is 4.78. The Labute approximate surface area is 207 Å². The maximum Gasteiger partial charge on any atom is 0.251 e. The molecule has 0 saturated carbocycles. The van der Waals surface area contributed by atoms with E-state index < -0.39 is 10.0 Å². The fourth-order valence-corrected chi connectivity index (χ4v) is 4.83. The summed E-state index contributed by atoms with van der Waals surface area (Å²) in [6, 6.07) is 17.7. The molecule has 1 atom stereocenters. The van der Waals surface area contributed by atoms with Gasteiger partial charge in [0.25, 0.3) is 5.91 Å². The third kappa shape index (κ3) is 6.54. The van der Waals surface area contributed by atoms with E-state index in [4.69, 9.17) is 9.47 Å². The molecule has 0 spiro atoms. The largest absolute Gasteiger partial charge is 0.497 e. The normalized spacial score (nSPS) is 12.1. The molecule has 0 aliphatic rings. The van der Waals surface area contributed by atoms with E-state index in [1.807, 2.05) is 45.0 Å². The summed E-state index contributed by atoms with van der Waals surface area (Å²) < 4.78 is 37.2. The second-order valence-electron chi connectivity index (χ2n) is 8.62. The molecule has 0 aromatic heterocycles. The molecule has 0 aliphatic heterocycles. The van der Waals surface area contributed by atoms with Crippen molar-refractivity contribution in [3.63, 3.8) is 0 Å². The first-order valence-corrected chi connectivity index (χ1v) is 13.0. The van der Waals surface area contributed by atoms with Gasteiger partial charge in [0.05, 0.1) is 38.7 Å². The summed E-state index contributed by atoms with van der Waals surface area (Å²) in [7, 11) is -0.339. The quantitative estimate of drug-likeness (QED) is 0.461. The van der Waals surface area contributed by atoms with Crippen LogP contribution in [0.25, 0.3) is 0 Å². The lowest BCUT2D eigenvalue weighted by molar-refractivity contribution is 0.0939. The van der Waals surface area contributed by atoms with Crippen LogP contribution in [0.1, 0.15) is 45.6 Å². The summed E-state index contributed by atoms with van der Waals surface area (Å²) >= 11 is 0. The van der Waals surface area contributed by atoms with Crippen LogP contribution in [0, 0.1) is 13.8 Å². The van der Waals surface area contributed by atoms with Crippen molar-refractivity contribution in [1.29, 1.82) is 0 Å². The zero-order valence-electron chi connectivity index (χ0n) is 21.0. The van der Waals surface area contributed by atoms with Crippen LogP contribution in [-0.4, -0.2) is 34.8 Å². The van der Waals surface area contributed by atoms with E-state index in [-0.39, 0.29) is 18.5 Å². The van der Waals surface area contributed by atoms with Crippen molar-refractivity contribution in [1.82, 2.24) is 5.32 Å². The number of sulfonamides is 1. The number of ether oxygens (including phenoxy) is 2. The molecular weight excluding hydrogens is 464 g/mol. The van der Waals surface area contributed by atoms with Crippen molar-refractivity contribution in [2.75, 3.05) is 24.8 Å². The Kier molecular flexibility index (Phi) is 8.07. The van der Waals surface area contributed by atoms with Crippen LogP contribution in [0.3, 0.4) is 0 Å². The average molecular weight is 497 g/mol. The fourth-order valence-electron chi connectivity index (χ4n) is 3.96. The molecule has 7 nitrogen and oxygen atoms in total. The number of nitrogens with one attached hydrogen (secondary N) is 1. The van der Waals surface area contributed by atoms with E-state index in [0.717, 1.165) is 22.3 Å². The van der Waals surface area contributed by atoms with Crippen LogP contribution in [0.15, 0.2) is 60.7 Å². The van der Waals surface area contributed by atoms with Gasteiger partial charge in [-0.15, -0.1) is 0 Å². The summed E-state index contributed by atoms with van der Waals surface area (Å²) in [5.74, 6) is 1.08. The van der Waals surface area contributed by atoms with E-state index in [2.05, 4.69) is 5.32 Å². The Morgan fingerprint density at radius 1 is 0.943 bits per heavy atom. The Morgan fingerprint density at radius 2 is 1.57 bits per heavy atom. The molecule has 3 aromatic carbocycles. The lowest BCUT2D eigenvalue weighted by Gasteiger charge is -2.23. The highest BCUT2D eigenvalue weighted by molar-refractivity contribution is 7.92. The Morgan fingerprint density at radius 3 is 2.11 bits per heavy atom. The molecule has 0 aliphatic carbocycles. The number of benzene rings is 3. The molecule has 1 N–H and O–H groups in total. The minimum Gasteiger partial charge on any atom is -0.497 e. The van der Waals surface area contributed by atoms with Gasteiger partial charge in [-0.1, -0.05) is 18.2 Å². The molecule has 0 saturated heterocycles. The van der Waals surface area contributed by atoms with Gasteiger partial charge in [-0.05, 0) is 79.9 Å². The van der Waals surface area contributed by atoms with E-state index in [1.54, 1.807) is 50.6 Å². The first-order valence-electron chi connectivity index (χ1n) is 11.2. The Balaban J connectivity index is 1.77. The summed E-state index contributed by atoms with van der Waals surface area (Å²) in [5, 5.41) is 2.98. The van der Waals surface area contributed by atoms with E-state index in [9.17, 15) is 13.2 Å². The number of carbonyl (C=O) groups excluding carboxylic acids is 1. The minimum atomic E-state index is -3.50. The predicted molar refractivity (Wildman–Crippen MR) is 139 cm³/mol. The van der Waals surface area contributed by atoms with Crippen LogP contribution in [0.2, 0.25) is 0 Å². The summed E-state index contributed by atoms with van der Waals surface area (Å²) in [4.78, 5) is 12.9. The smallest absolute Gasteiger partial charge is 0.251 e. The maximum atomic E-state index is 12.9. The van der Waals surface area contributed by atoms with Crippen LogP contribution < -0.4 is 19.1 Å². The SMILES string of the molecule is COc1ccc(OC)c([C@@H](C)NC(=O)c2ccc(CN(c3cc(C)cc(C)c3)S(C)(=O)=O)cc2)c1. The van der Waals surface area contributed by atoms with Crippen LogP contribution in [0.5, 0.6) is 11.5 Å². The molecule has 8 heteroatoms. The van der Waals surface area contributed by atoms with Gasteiger partial charge in [-0.2, -0.15) is 0 Å². The Bertz CT molecular complexity index is 1280. The molecule has 186 valence electrons. The third-order valence-electron chi connectivity index (χ3n) is 5.69. The van der Waals surface area contributed by atoms with E-state index in [1.165, 1.54) is 10.6 Å². The fraction of sp³-hybridized carbons (Fsp3) is 0.296. The highest BCUT2D eigenvalue weighted by atomic mass is 32.2. The molecule has 0 unspecified atom stereocenters. The van der Waals surface area contributed by atoms with Gasteiger partial charge < -0.3 is 14.8 Å². The van der Waals surface area contributed by atoms with Crippen LogP contribution >= 0.6 is 0 Å². The first kappa shape index (κ1) is 26.1. The standard InChI is InChI=1S/C27H32N2O5S/c1-18-13-19(2)15-23(14-18)29(35(6,31)32)17-21-7-9-22(10-8-21)27(30)28-20(3)25-16-24(33-4)11-12-26(25)34-5/h7-16,20H,17H2,1-6H3,(H,28,30)/t20-/m1/s1. The van der Waals surface area contributed by atoms with Gasteiger partial charge >= 0.3 is 0 Å². The number of anilines is 1. The first-order chi connectivity index (χ1) is 16.5. The second-order valence-corrected chi connectivity index (χ2v) is 10.5. The van der Waals surface area contributed by atoms with Crippen LogP contribution in [0.4, 0.5) is 5.69 Å². The zero-order valence-corrected chi connectivity index (χ0v) is 21.8. The van der Waals surface area contributed by atoms with Crippen molar-refractivity contribution in [2.24, 2.45) is 0 Å². The van der Waals surface area contributed by atoms with Crippen molar-refractivity contribution in [3.05, 3.63) is 88.5 Å². The van der Waals surface area contributed by atoms with E-state index in [0.29, 0.717) is 22.7 Å². The van der Waals surface area contributed by atoms with Crippen molar-refractivity contribution >= 4 is 21.6 Å². The molecule has 0 radical (unpaired) electrons. The van der Waals surface area contributed by atoms with Crippen molar-refractivity contribution in [3.8, 4) is 11.5 Å². The topological polar surface area (TPSA) is 84.9 Å². The number of hydrogen-bond acceptors (Lipinski definition) is 5. The van der Waals surface area contributed by atoms with Gasteiger partial charge in [-0.25, -0.2) is 8.42 Å². The van der Waals surface area contributed by atoms with Gasteiger partial charge in [-0.3, -0.25) is 9.10 Å². The molecule has 0 fully saturated rings. The highest BCUT2D eigenvalue weighted by Crippen LogP contribution is 2.29. The number of hydrogen-bond donors (Lipinski definition) is 1. The third-order valence-corrected chi connectivity index (χ3v) is 6.83. The summed E-state index contributed by atoms with van der Waals surface area (Å²) in [5.41, 5.74) is 4.64. The summed E-state index contributed by atoms with van der Waals surface area (Å²) in [6.07, 6.45) is 1.20. The van der Waals surface area contributed by atoms with Gasteiger partial charge in [0, 0.05) is 11.1 Å². The molecular formula is C27H32N2O5S. The number of carbonyl (C=O) groups is 1. The van der Waals surface area contributed by atoms with Gasteiger partial charge in [0.15, 0.2) is 0 Å². The molecule has 35 heavy (non-hydrogen) atoms. The summed E-state index contributed by atoms with van der Waals surface area (Å²) in [6.45, 7) is 5.91. The van der Waals surface area contributed by atoms with Crippen molar-refractivity contribution in [2.45, 2.75) is 33.4 Å². The lowest BCUT2D eigenvalue weighted by Crippen LogP contribution is -2.29. The monoisotopic (exact) mass is 496 g/mol. The van der Waals surface area contributed by atoms with E-state index >= 15 is 0 Å². The lowest BCUT2D eigenvalue weighted by atomic mass is 10.1. The number of nitrogens with zero attached hydrogens (tertiary/aromatic N) is 1. The number of rotatable bonds is 9. The zero-order chi connectivity index (χ0) is 25.8. The molecule has 3 rings (SSSR count). The molecule has 0 bridgehead atoms. The van der Waals surface area contributed by atoms with Crippen molar-refractivity contribution < 1.29 is 22.7 Å². The average Bonchev–Trinajstić information content (AvgIpc) is 2.80. The van der Waals surface area contributed by atoms with Gasteiger partial charge in [0.1, 0.15) is 11.5 Å².